The van der Waals surface area contributed by atoms with Crippen molar-refractivity contribution in [2.24, 2.45) is 0 Å². The zero-order valence-electron chi connectivity index (χ0n) is 15.0. The number of amides is 1. The van der Waals surface area contributed by atoms with Crippen LogP contribution in [0.15, 0.2) is 53.4 Å². The number of anilines is 1. The van der Waals surface area contributed by atoms with Gasteiger partial charge in [-0.3, -0.25) is 4.79 Å². The number of rotatable bonds is 4. The van der Waals surface area contributed by atoms with Gasteiger partial charge in [-0.1, -0.05) is 6.07 Å². The zero-order valence-corrected chi connectivity index (χ0v) is 15.9. The van der Waals surface area contributed by atoms with Crippen molar-refractivity contribution in [1.82, 2.24) is 9.78 Å². The summed E-state index contributed by atoms with van der Waals surface area (Å²) in [7, 11) is 0. The number of carbonyl (C=O) groups is 1. The quantitative estimate of drug-likeness (QED) is 0.656. The van der Waals surface area contributed by atoms with E-state index in [4.69, 9.17) is 0 Å². The van der Waals surface area contributed by atoms with Crippen LogP contribution in [-0.4, -0.2) is 21.9 Å². The van der Waals surface area contributed by atoms with Crippen LogP contribution in [0.1, 0.15) is 34.6 Å². The molecule has 1 aliphatic rings. The third-order valence-corrected chi connectivity index (χ3v) is 5.52. The van der Waals surface area contributed by atoms with Crippen molar-refractivity contribution in [3.05, 3.63) is 71.3 Å². The first-order chi connectivity index (χ1) is 13.2. The Morgan fingerprint density at radius 2 is 1.93 bits per heavy atom. The molecule has 1 aromatic heterocycles. The summed E-state index contributed by atoms with van der Waals surface area (Å²) in [6.07, 6.45) is 5.82. The minimum atomic E-state index is -0.286. The van der Waals surface area contributed by atoms with Crippen molar-refractivity contribution in [2.45, 2.75) is 30.6 Å². The standard InChI is InChI=1S/C21H20FN3OS/c1-27-17-6-4-5-15(13-17)23-21(26)20-18-7-2-3-8-19(18)25(24-20)16-11-9-14(22)10-12-16/h4-6,9-13H,2-3,7-8H2,1H3,(H,23,26). The molecule has 1 aliphatic carbocycles. The Bertz CT molecular complexity index is 982. The molecule has 3 aromatic rings. The topological polar surface area (TPSA) is 46.9 Å². The van der Waals surface area contributed by atoms with Gasteiger partial charge < -0.3 is 5.32 Å². The van der Waals surface area contributed by atoms with Crippen LogP contribution >= 0.6 is 11.8 Å². The van der Waals surface area contributed by atoms with Crippen molar-refractivity contribution in [2.75, 3.05) is 11.6 Å². The second-order valence-corrected chi connectivity index (χ2v) is 7.43. The highest BCUT2D eigenvalue weighted by Gasteiger charge is 2.25. The molecule has 0 unspecified atom stereocenters. The Labute approximate surface area is 161 Å². The van der Waals surface area contributed by atoms with E-state index < -0.39 is 0 Å². The van der Waals surface area contributed by atoms with Gasteiger partial charge in [0.15, 0.2) is 5.69 Å². The van der Waals surface area contributed by atoms with Crippen LogP contribution in [0.5, 0.6) is 0 Å². The second-order valence-electron chi connectivity index (χ2n) is 6.56. The van der Waals surface area contributed by atoms with Crippen LogP contribution in [0, 0.1) is 5.82 Å². The van der Waals surface area contributed by atoms with Gasteiger partial charge >= 0.3 is 0 Å². The van der Waals surface area contributed by atoms with E-state index in [1.54, 1.807) is 28.6 Å². The van der Waals surface area contributed by atoms with E-state index in [-0.39, 0.29) is 11.7 Å². The van der Waals surface area contributed by atoms with Gasteiger partial charge in [0.05, 0.1) is 5.69 Å². The largest absolute Gasteiger partial charge is 0.321 e. The van der Waals surface area contributed by atoms with Crippen LogP contribution < -0.4 is 5.32 Å². The summed E-state index contributed by atoms with van der Waals surface area (Å²) in [5.41, 5.74) is 4.05. The molecular formula is C21H20FN3OS. The lowest BCUT2D eigenvalue weighted by Gasteiger charge is -2.14. The summed E-state index contributed by atoms with van der Waals surface area (Å²) in [4.78, 5) is 14.0. The van der Waals surface area contributed by atoms with Gasteiger partial charge in [0.1, 0.15) is 5.82 Å². The van der Waals surface area contributed by atoms with E-state index in [1.807, 2.05) is 30.5 Å². The highest BCUT2D eigenvalue weighted by Crippen LogP contribution is 2.28. The predicted octanol–water partition coefficient (Wildman–Crippen LogP) is 4.86. The summed E-state index contributed by atoms with van der Waals surface area (Å²) in [6, 6.07) is 14.0. The lowest BCUT2D eigenvalue weighted by atomic mass is 9.95. The van der Waals surface area contributed by atoms with Gasteiger partial charge in [-0.25, -0.2) is 9.07 Å². The number of carbonyl (C=O) groups excluding carboxylic acids is 1. The molecule has 1 heterocycles. The number of hydrogen-bond donors (Lipinski definition) is 1. The Hall–Kier alpha value is -2.60. The highest BCUT2D eigenvalue weighted by molar-refractivity contribution is 7.98. The summed E-state index contributed by atoms with van der Waals surface area (Å²) < 4.78 is 15.1. The molecule has 4 rings (SSSR count). The van der Waals surface area contributed by atoms with Gasteiger partial charge in [0.2, 0.25) is 0 Å². The van der Waals surface area contributed by atoms with E-state index >= 15 is 0 Å². The van der Waals surface area contributed by atoms with Gasteiger partial charge in [0, 0.05) is 21.8 Å². The fraction of sp³-hybridized carbons (Fsp3) is 0.238. The van der Waals surface area contributed by atoms with E-state index in [2.05, 4.69) is 10.4 Å². The van der Waals surface area contributed by atoms with Crippen LogP contribution in [0.2, 0.25) is 0 Å². The fourth-order valence-corrected chi connectivity index (χ4v) is 3.93. The third-order valence-electron chi connectivity index (χ3n) is 4.79. The molecule has 138 valence electrons. The Morgan fingerprint density at radius 3 is 2.70 bits per heavy atom. The molecule has 4 nitrogen and oxygen atoms in total. The van der Waals surface area contributed by atoms with Crippen molar-refractivity contribution >= 4 is 23.4 Å². The van der Waals surface area contributed by atoms with Crippen molar-refractivity contribution in [3.8, 4) is 5.69 Å². The number of benzene rings is 2. The maximum atomic E-state index is 13.3. The van der Waals surface area contributed by atoms with Crippen molar-refractivity contribution in [1.29, 1.82) is 0 Å². The summed E-state index contributed by atoms with van der Waals surface area (Å²) in [5.74, 6) is -0.487. The molecule has 27 heavy (non-hydrogen) atoms. The van der Waals surface area contributed by atoms with Crippen LogP contribution in [0.4, 0.5) is 10.1 Å². The molecule has 0 aliphatic heterocycles. The van der Waals surface area contributed by atoms with Crippen molar-refractivity contribution < 1.29 is 9.18 Å². The average molecular weight is 381 g/mol. The highest BCUT2D eigenvalue weighted by atomic mass is 32.2. The molecule has 1 amide bonds. The number of fused-ring (bicyclic) bond motifs is 1. The Kier molecular flexibility index (Phi) is 4.99. The minimum Gasteiger partial charge on any atom is -0.321 e. The fourth-order valence-electron chi connectivity index (χ4n) is 3.47. The summed E-state index contributed by atoms with van der Waals surface area (Å²) in [5, 5.41) is 7.58. The summed E-state index contributed by atoms with van der Waals surface area (Å²) in [6.45, 7) is 0. The molecule has 0 atom stereocenters. The smallest absolute Gasteiger partial charge is 0.276 e. The van der Waals surface area contributed by atoms with Gasteiger partial charge in [-0.2, -0.15) is 5.10 Å². The number of nitrogens with one attached hydrogen (secondary N) is 1. The maximum Gasteiger partial charge on any atom is 0.276 e. The Balaban J connectivity index is 1.69. The normalized spacial score (nSPS) is 13.3. The van der Waals surface area contributed by atoms with E-state index in [1.165, 1.54) is 12.1 Å². The van der Waals surface area contributed by atoms with E-state index in [0.717, 1.165) is 53.2 Å². The number of aromatic nitrogens is 2. The van der Waals surface area contributed by atoms with Gasteiger partial charge in [-0.05, 0) is 74.4 Å². The number of thioether (sulfide) groups is 1. The first kappa shape index (κ1) is 17.8. The first-order valence-corrected chi connectivity index (χ1v) is 10.2. The Morgan fingerprint density at radius 1 is 1.15 bits per heavy atom. The number of halogens is 1. The van der Waals surface area contributed by atoms with E-state index in [9.17, 15) is 9.18 Å². The lowest BCUT2D eigenvalue weighted by molar-refractivity contribution is 0.102. The summed E-state index contributed by atoms with van der Waals surface area (Å²) >= 11 is 1.63. The van der Waals surface area contributed by atoms with Crippen LogP contribution in [0.25, 0.3) is 5.69 Å². The van der Waals surface area contributed by atoms with E-state index in [0.29, 0.717) is 5.69 Å². The SMILES string of the molecule is CSc1cccc(NC(=O)c2nn(-c3ccc(F)cc3)c3c2CCCC3)c1. The average Bonchev–Trinajstić information content (AvgIpc) is 3.09. The van der Waals surface area contributed by atoms with Gasteiger partial charge in [-0.15, -0.1) is 11.8 Å². The molecular weight excluding hydrogens is 361 g/mol. The first-order valence-electron chi connectivity index (χ1n) is 8.98. The van der Waals surface area contributed by atoms with Crippen molar-refractivity contribution in [3.63, 3.8) is 0 Å². The van der Waals surface area contributed by atoms with Crippen LogP contribution in [-0.2, 0) is 12.8 Å². The molecule has 1 N–H and O–H groups in total. The molecule has 0 saturated carbocycles. The maximum absolute atomic E-state index is 13.3. The van der Waals surface area contributed by atoms with Gasteiger partial charge in [0.25, 0.3) is 5.91 Å². The molecule has 0 bridgehead atoms. The number of hydrogen-bond acceptors (Lipinski definition) is 3. The number of nitrogens with zero attached hydrogens (tertiary/aromatic N) is 2. The molecule has 2 aromatic carbocycles. The third kappa shape index (κ3) is 3.62. The predicted molar refractivity (Wildman–Crippen MR) is 106 cm³/mol. The molecule has 6 heteroatoms. The monoisotopic (exact) mass is 381 g/mol. The molecule has 0 radical (unpaired) electrons. The minimum absolute atomic E-state index is 0.202. The molecule has 0 fully saturated rings. The second kappa shape index (κ2) is 7.56. The lowest BCUT2D eigenvalue weighted by Crippen LogP contribution is -2.15. The molecule has 0 spiro atoms. The molecule has 0 saturated heterocycles. The van der Waals surface area contributed by atoms with Crippen LogP contribution in [0.3, 0.4) is 0 Å². The zero-order chi connectivity index (χ0) is 18.8.